The molecule has 5 nitrogen and oxygen atoms in total. The molecule has 0 saturated carbocycles. The molecule has 0 aliphatic heterocycles. The number of para-hydroxylation sites is 1. The lowest BCUT2D eigenvalue weighted by molar-refractivity contribution is -0.274. The number of aromatic amines is 1. The summed E-state index contributed by atoms with van der Waals surface area (Å²) in [6.07, 6.45) is -3.58. The van der Waals surface area contributed by atoms with Crippen molar-refractivity contribution in [2.75, 3.05) is 5.32 Å². The molecule has 25 heavy (non-hydrogen) atoms. The second-order valence-corrected chi connectivity index (χ2v) is 5.11. The Labute approximate surface area is 139 Å². The van der Waals surface area contributed by atoms with Crippen LogP contribution in [0.25, 0.3) is 10.9 Å². The van der Waals surface area contributed by atoms with Crippen LogP contribution in [-0.4, -0.2) is 17.3 Å². The zero-order valence-corrected chi connectivity index (χ0v) is 12.6. The Morgan fingerprint density at radius 2 is 1.84 bits per heavy atom. The highest BCUT2D eigenvalue weighted by molar-refractivity contribution is 6.05. The standard InChI is InChI=1S/C17H11F3N2O3/c18-17(19,20)25-11-5-3-4-10(8-11)22-16(24)13-9-21-14-7-2-1-6-12(14)15(13)23/h1-9H,(H,21,23)(H,22,24). The van der Waals surface area contributed by atoms with E-state index in [9.17, 15) is 22.8 Å². The number of carbonyl (C=O) groups is 1. The number of hydrogen-bond acceptors (Lipinski definition) is 3. The van der Waals surface area contributed by atoms with Crippen molar-refractivity contribution in [3.8, 4) is 5.75 Å². The molecule has 1 aromatic heterocycles. The number of ether oxygens (including phenoxy) is 1. The molecule has 0 unspecified atom stereocenters. The number of alkyl halides is 3. The fourth-order valence-corrected chi connectivity index (χ4v) is 2.31. The maximum Gasteiger partial charge on any atom is 0.573 e. The smallest absolute Gasteiger partial charge is 0.406 e. The number of halogens is 3. The molecule has 0 atom stereocenters. The monoisotopic (exact) mass is 348 g/mol. The zero-order valence-electron chi connectivity index (χ0n) is 12.6. The summed E-state index contributed by atoms with van der Waals surface area (Å²) in [5, 5.41) is 2.72. The normalized spacial score (nSPS) is 11.3. The highest BCUT2D eigenvalue weighted by Crippen LogP contribution is 2.25. The largest absolute Gasteiger partial charge is 0.573 e. The zero-order chi connectivity index (χ0) is 18.0. The molecule has 0 radical (unpaired) electrons. The summed E-state index contributed by atoms with van der Waals surface area (Å²) in [7, 11) is 0. The molecule has 2 N–H and O–H groups in total. The van der Waals surface area contributed by atoms with Gasteiger partial charge in [-0.05, 0) is 24.3 Å². The van der Waals surface area contributed by atoms with Crippen molar-refractivity contribution in [3.05, 3.63) is 70.5 Å². The van der Waals surface area contributed by atoms with Gasteiger partial charge in [-0.2, -0.15) is 0 Å². The fraction of sp³-hybridized carbons (Fsp3) is 0.0588. The Morgan fingerprint density at radius 3 is 2.60 bits per heavy atom. The van der Waals surface area contributed by atoms with Crippen LogP contribution in [0.4, 0.5) is 18.9 Å². The first kappa shape index (κ1) is 16.6. The van der Waals surface area contributed by atoms with Gasteiger partial charge in [0.05, 0.1) is 0 Å². The van der Waals surface area contributed by atoms with Gasteiger partial charge in [0.1, 0.15) is 11.3 Å². The van der Waals surface area contributed by atoms with Crippen molar-refractivity contribution in [3.63, 3.8) is 0 Å². The van der Waals surface area contributed by atoms with Gasteiger partial charge in [-0.1, -0.05) is 18.2 Å². The summed E-state index contributed by atoms with van der Waals surface area (Å²) in [5.41, 5.74) is 0.0133. The highest BCUT2D eigenvalue weighted by Gasteiger charge is 2.31. The van der Waals surface area contributed by atoms with E-state index >= 15 is 0 Å². The van der Waals surface area contributed by atoms with Crippen molar-refractivity contribution in [2.45, 2.75) is 6.36 Å². The summed E-state index contributed by atoms with van der Waals surface area (Å²) in [5.74, 6) is -1.21. The lowest BCUT2D eigenvalue weighted by Gasteiger charge is -2.10. The summed E-state index contributed by atoms with van der Waals surface area (Å²) in [4.78, 5) is 27.5. The summed E-state index contributed by atoms with van der Waals surface area (Å²) < 4.78 is 40.5. The Kier molecular flexibility index (Phi) is 4.18. The van der Waals surface area contributed by atoms with Crippen LogP contribution in [0, 0.1) is 0 Å². The first-order chi connectivity index (χ1) is 11.8. The Balaban J connectivity index is 1.87. The average Bonchev–Trinajstić information content (AvgIpc) is 2.54. The molecule has 0 spiro atoms. The maximum absolute atomic E-state index is 12.4. The summed E-state index contributed by atoms with van der Waals surface area (Å²) >= 11 is 0. The Morgan fingerprint density at radius 1 is 1.08 bits per heavy atom. The van der Waals surface area contributed by atoms with E-state index in [-0.39, 0.29) is 11.3 Å². The minimum absolute atomic E-state index is 0.0688. The SMILES string of the molecule is O=C(Nc1cccc(OC(F)(F)F)c1)c1c[nH]c2ccccc2c1=O. The molecule has 3 aromatic rings. The van der Waals surface area contributed by atoms with E-state index in [0.29, 0.717) is 10.9 Å². The van der Waals surface area contributed by atoms with Gasteiger partial charge in [-0.25, -0.2) is 0 Å². The molecule has 2 aromatic carbocycles. The van der Waals surface area contributed by atoms with E-state index in [1.165, 1.54) is 18.3 Å². The predicted octanol–water partition coefficient (Wildman–Crippen LogP) is 3.68. The molecule has 0 saturated heterocycles. The Hall–Kier alpha value is -3.29. The number of nitrogens with one attached hydrogen (secondary N) is 2. The van der Waals surface area contributed by atoms with Crippen LogP contribution in [0.15, 0.2) is 59.5 Å². The van der Waals surface area contributed by atoms with Crippen LogP contribution in [0.2, 0.25) is 0 Å². The van der Waals surface area contributed by atoms with E-state index in [2.05, 4.69) is 15.0 Å². The van der Waals surface area contributed by atoms with Gasteiger partial charge >= 0.3 is 6.36 Å². The van der Waals surface area contributed by atoms with Gasteiger partial charge in [0.15, 0.2) is 0 Å². The van der Waals surface area contributed by atoms with E-state index in [1.807, 2.05) is 0 Å². The lowest BCUT2D eigenvalue weighted by Crippen LogP contribution is -2.22. The van der Waals surface area contributed by atoms with Crippen molar-refractivity contribution in [2.24, 2.45) is 0 Å². The van der Waals surface area contributed by atoms with Crippen LogP contribution in [0.3, 0.4) is 0 Å². The van der Waals surface area contributed by atoms with Crippen LogP contribution in [-0.2, 0) is 0 Å². The molecule has 0 aliphatic carbocycles. The summed E-state index contributed by atoms with van der Waals surface area (Å²) in [6.45, 7) is 0. The fourth-order valence-electron chi connectivity index (χ4n) is 2.31. The van der Waals surface area contributed by atoms with Gasteiger partial charge in [0, 0.05) is 28.9 Å². The molecule has 8 heteroatoms. The number of carbonyl (C=O) groups excluding carboxylic acids is 1. The first-order valence-electron chi connectivity index (χ1n) is 7.11. The minimum atomic E-state index is -4.84. The third kappa shape index (κ3) is 3.79. The van der Waals surface area contributed by atoms with Gasteiger partial charge in [-0.15, -0.1) is 13.2 Å². The minimum Gasteiger partial charge on any atom is -0.406 e. The highest BCUT2D eigenvalue weighted by atomic mass is 19.4. The number of fused-ring (bicyclic) bond motifs is 1. The molecule has 128 valence electrons. The predicted molar refractivity (Wildman–Crippen MR) is 85.6 cm³/mol. The van der Waals surface area contributed by atoms with Crippen molar-refractivity contribution in [1.29, 1.82) is 0 Å². The first-order valence-corrected chi connectivity index (χ1v) is 7.11. The van der Waals surface area contributed by atoms with Crippen molar-refractivity contribution >= 4 is 22.5 Å². The number of benzene rings is 2. The van der Waals surface area contributed by atoms with E-state index in [0.717, 1.165) is 12.1 Å². The number of anilines is 1. The van der Waals surface area contributed by atoms with Gasteiger partial charge in [-0.3, -0.25) is 9.59 Å². The maximum atomic E-state index is 12.4. The van der Waals surface area contributed by atoms with E-state index in [1.54, 1.807) is 24.3 Å². The number of pyridine rings is 1. The topological polar surface area (TPSA) is 71.2 Å². The lowest BCUT2D eigenvalue weighted by atomic mass is 10.1. The quantitative estimate of drug-likeness (QED) is 0.758. The van der Waals surface area contributed by atoms with Crippen molar-refractivity contribution in [1.82, 2.24) is 4.98 Å². The third-order valence-electron chi connectivity index (χ3n) is 3.36. The number of rotatable bonds is 3. The summed E-state index contributed by atoms with van der Waals surface area (Å²) in [6, 6.07) is 11.5. The van der Waals surface area contributed by atoms with Crippen LogP contribution >= 0.6 is 0 Å². The van der Waals surface area contributed by atoms with Crippen LogP contribution in [0.1, 0.15) is 10.4 Å². The Bertz CT molecular complexity index is 996. The second-order valence-electron chi connectivity index (χ2n) is 5.11. The number of H-pyrrole nitrogens is 1. The van der Waals surface area contributed by atoms with Gasteiger partial charge in [0.2, 0.25) is 5.43 Å². The van der Waals surface area contributed by atoms with E-state index in [4.69, 9.17) is 0 Å². The van der Waals surface area contributed by atoms with Crippen molar-refractivity contribution < 1.29 is 22.7 Å². The third-order valence-corrected chi connectivity index (χ3v) is 3.36. The molecule has 0 bridgehead atoms. The molecule has 1 heterocycles. The number of hydrogen-bond donors (Lipinski definition) is 2. The van der Waals surface area contributed by atoms with Crippen LogP contribution in [0.5, 0.6) is 5.75 Å². The molecule has 0 fully saturated rings. The molecule has 3 rings (SSSR count). The average molecular weight is 348 g/mol. The van der Waals surface area contributed by atoms with E-state index < -0.39 is 23.4 Å². The number of amides is 1. The van der Waals surface area contributed by atoms with Gasteiger partial charge in [0.25, 0.3) is 5.91 Å². The van der Waals surface area contributed by atoms with Gasteiger partial charge < -0.3 is 15.0 Å². The molecular formula is C17H11F3N2O3. The second kappa shape index (κ2) is 6.31. The molecule has 1 amide bonds. The number of aromatic nitrogens is 1. The molecule has 0 aliphatic rings. The molecular weight excluding hydrogens is 337 g/mol. The van der Waals surface area contributed by atoms with Crippen LogP contribution < -0.4 is 15.5 Å².